The van der Waals surface area contributed by atoms with Crippen molar-refractivity contribution in [3.8, 4) is 0 Å². The number of hydrogen-bond acceptors (Lipinski definition) is 3. The highest BCUT2D eigenvalue weighted by Crippen LogP contribution is 2.20. The van der Waals surface area contributed by atoms with Gasteiger partial charge in [-0.05, 0) is 26.0 Å². The summed E-state index contributed by atoms with van der Waals surface area (Å²) in [4.78, 5) is 12.3. The number of benzene rings is 1. The summed E-state index contributed by atoms with van der Waals surface area (Å²) >= 11 is 1.73. The maximum absolute atomic E-state index is 11.1. The molecular formula is C13H18O2S. The molecule has 88 valence electrons. The third kappa shape index (κ3) is 5.33. The Hall–Kier alpha value is -0.800. The van der Waals surface area contributed by atoms with E-state index in [9.17, 15) is 4.79 Å². The van der Waals surface area contributed by atoms with Crippen LogP contribution in [0.2, 0.25) is 0 Å². The molecular weight excluding hydrogens is 220 g/mol. The van der Waals surface area contributed by atoms with Crippen molar-refractivity contribution in [1.82, 2.24) is 0 Å². The summed E-state index contributed by atoms with van der Waals surface area (Å²) in [5, 5.41) is 0. The predicted molar refractivity (Wildman–Crippen MR) is 67.9 cm³/mol. The molecule has 3 heteroatoms. The van der Waals surface area contributed by atoms with Crippen molar-refractivity contribution in [2.75, 3.05) is 12.4 Å². The average molecular weight is 238 g/mol. The number of carbonyl (C=O) groups is 1. The Kier molecular flexibility index (Phi) is 6.19. The van der Waals surface area contributed by atoms with Crippen LogP contribution in [0.15, 0.2) is 35.2 Å². The molecule has 0 radical (unpaired) electrons. The normalized spacial score (nSPS) is 12.4. The van der Waals surface area contributed by atoms with E-state index >= 15 is 0 Å². The standard InChI is InChI=1S/C13H18O2S/c1-3-15-12(9-11(2)14)10-16-13-7-5-4-6-8-13/h4-8,12H,3,9-10H2,1-2H3. The molecule has 0 fully saturated rings. The molecule has 16 heavy (non-hydrogen) atoms. The van der Waals surface area contributed by atoms with Crippen LogP contribution in [0.25, 0.3) is 0 Å². The van der Waals surface area contributed by atoms with Crippen molar-refractivity contribution in [2.45, 2.75) is 31.3 Å². The molecule has 0 aliphatic heterocycles. The summed E-state index contributed by atoms with van der Waals surface area (Å²) in [6, 6.07) is 10.2. The molecule has 0 aliphatic carbocycles. The van der Waals surface area contributed by atoms with Crippen LogP contribution in [0, 0.1) is 0 Å². The van der Waals surface area contributed by atoms with Crippen molar-refractivity contribution in [3.63, 3.8) is 0 Å². The van der Waals surface area contributed by atoms with Crippen LogP contribution in [0.4, 0.5) is 0 Å². The van der Waals surface area contributed by atoms with Gasteiger partial charge in [-0.3, -0.25) is 4.79 Å². The molecule has 0 aromatic heterocycles. The highest BCUT2D eigenvalue weighted by molar-refractivity contribution is 7.99. The zero-order chi connectivity index (χ0) is 11.8. The summed E-state index contributed by atoms with van der Waals surface area (Å²) < 4.78 is 5.53. The Morgan fingerprint density at radius 3 is 2.62 bits per heavy atom. The van der Waals surface area contributed by atoms with Crippen LogP contribution in [0.1, 0.15) is 20.3 Å². The lowest BCUT2D eigenvalue weighted by Crippen LogP contribution is -2.19. The number of thioether (sulfide) groups is 1. The van der Waals surface area contributed by atoms with Gasteiger partial charge in [-0.15, -0.1) is 11.8 Å². The lowest BCUT2D eigenvalue weighted by molar-refractivity contribution is -0.119. The minimum Gasteiger partial charge on any atom is -0.377 e. The highest BCUT2D eigenvalue weighted by Gasteiger charge is 2.11. The number of carbonyl (C=O) groups excluding carboxylic acids is 1. The van der Waals surface area contributed by atoms with Crippen LogP contribution in [0.3, 0.4) is 0 Å². The molecule has 0 bridgehead atoms. The van der Waals surface area contributed by atoms with Gasteiger partial charge in [0.05, 0.1) is 6.10 Å². The number of ether oxygens (including phenoxy) is 1. The second kappa shape index (κ2) is 7.47. The van der Waals surface area contributed by atoms with E-state index in [2.05, 4.69) is 12.1 Å². The third-order valence-electron chi connectivity index (χ3n) is 2.10. The van der Waals surface area contributed by atoms with Gasteiger partial charge in [0.2, 0.25) is 0 Å². The maximum atomic E-state index is 11.1. The van der Waals surface area contributed by atoms with Crippen LogP contribution in [-0.2, 0) is 9.53 Å². The van der Waals surface area contributed by atoms with E-state index in [-0.39, 0.29) is 11.9 Å². The molecule has 1 aromatic carbocycles. The summed E-state index contributed by atoms with van der Waals surface area (Å²) in [6.07, 6.45) is 0.543. The first-order chi connectivity index (χ1) is 7.72. The van der Waals surface area contributed by atoms with Gasteiger partial charge >= 0.3 is 0 Å². The van der Waals surface area contributed by atoms with Crippen LogP contribution < -0.4 is 0 Å². The lowest BCUT2D eigenvalue weighted by atomic mass is 10.2. The molecule has 0 saturated carbocycles. The van der Waals surface area contributed by atoms with Gasteiger partial charge in [0.25, 0.3) is 0 Å². The Labute approximate surface area is 101 Å². The van der Waals surface area contributed by atoms with Crippen molar-refractivity contribution in [3.05, 3.63) is 30.3 Å². The number of hydrogen-bond donors (Lipinski definition) is 0. The highest BCUT2D eigenvalue weighted by atomic mass is 32.2. The van der Waals surface area contributed by atoms with Crippen LogP contribution >= 0.6 is 11.8 Å². The minimum atomic E-state index is 0.0349. The first-order valence-electron chi connectivity index (χ1n) is 5.51. The molecule has 1 atom stereocenters. The Balaban J connectivity index is 2.40. The van der Waals surface area contributed by atoms with E-state index in [1.807, 2.05) is 25.1 Å². The number of ketones is 1. The maximum Gasteiger partial charge on any atom is 0.132 e. The molecule has 1 rings (SSSR count). The van der Waals surface area contributed by atoms with Crippen molar-refractivity contribution in [1.29, 1.82) is 0 Å². The van der Waals surface area contributed by atoms with Gasteiger partial charge < -0.3 is 4.74 Å². The fraction of sp³-hybridized carbons (Fsp3) is 0.462. The molecule has 0 spiro atoms. The molecule has 0 heterocycles. The molecule has 0 aliphatic rings. The number of rotatable bonds is 7. The fourth-order valence-corrected chi connectivity index (χ4v) is 2.37. The molecule has 0 amide bonds. The van der Waals surface area contributed by atoms with Crippen LogP contribution in [-0.4, -0.2) is 24.2 Å². The Morgan fingerprint density at radius 2 is 2.06 bits per heavy atom. The quantitative estimate of drug-likeness (QED) is 0.683. The zero-order valence-corrected chi connectivity index (χ0v) is 10.6. The Bertz CT molecular complexity index is 311. The van der Waals surface area contributed by atoms with Gasteiger partial charge in [0, 0.05) is 23.7 Å². The average Bonchev–Trinajstić information content (AvgIpc) is 2.27. The van der Waals surface area contributed by atoms with Gasteiger partial charge in [-0.25, -0.2) is 0 Å². The SMILES string of the molecule is CCOC(CSc1ccccc1)CC(C)=O. The van der Waals surface area contributed by atoms with Gasteiger partial charge in [0.15, 0.2) is 0 Å². The zero-order valence-electron chi connectivity index (χ0n) is 9.81. The monoisotopic (exact) mass is 238 g/mol. The van der Waals surface area contributed by atoms with E-state index in [1.54, 1.807) is 18.7 Å². The van der Waals surface area contributed by atoms with E-state index in [0.29, 0.717) is 13.0 Å². The lowest BCUT2D eigenvalue weighted by Gasteiger charge is -2.14. The molecule has 0 N–H and O–H groups in total. The molecule has 1 unspecified atom stereocenters. The van der Waals surface area contributed by atoms with E-state index in [4.69, 9.17) is 4.74 Å². The van der Waals surface area contributed by atoms with Crippen molar-refractivity contribution < 1.29 is 9.53 Å². The summed E-state index contributed by atoms with van der Waals surface area (Å²) in [5.41, 5.74) is 0. The third-order valence-corrected chi connectivity index (χ3v) is 3.24. The van der Waals surface area contributed by atoms with Crippen LogP contribution in [0.5, 0.6) is 0 Å². The van der Waals surface area contributed by atoms with Gasteiger partial charge in [0.1, 0.15) is 5.78 Å². The second-order valence-corrected chi connectivity index (χ2v) is 4.70. The first-order valence-corrected chi connectivity index (χ1v) is 6.49. The summed E-state index contributed by atoms with van der Waals surface area (Å²) in [5.74, 6) is 1.02. The molecule has 2 nitrogen and oxygen atoms in total. The van der Waals surface area contributed by atoms with E-state index in [0.717, 1.165) is 5.75 Å². The van der Waals surface area contributed by atoms with E-state index < -0.39 is 0 Å². The summed E-state index contributed by atoms with van der Waals surface area (Å²) in [6.45, 7) is 4.23. The summed E-state index contributed by atoms with van der Waals surface area (Å²) in [7, 11) is 0. The van der Waals surface area contributed by atoms with E-state index in [1.165, 1.54) is 4.90 Å². The smallest absolute Gasteiger partial charge is 0.132 e. The Morgan fingerprint density at radius 1 is 1.38 bits per heavy atom. The predicted octanol–water partition coefficient (Wildman–Crippen LogP) is 3.16. The number of Topliss-reactive ketones (excluding diaryl/α,β-unsaturated/α-hetero) is 1. The fourth-order valence-electron chi connectivity index (χ4n) is 1.43. The topological polar surface area (TPSA) is 26.3 Å². The van der Waals surface area contributed by atoms with Crippen molar-refractivity contribution in [2.24, 2.45) is 0 Å². The largest absolute Gasteiger partial charge is 0.377 e. The van der Waals surface area contributed by atoms with Gasteiger partial charge in [-0.2, -0.15) is 0 Å². The molecule has 1 aromatic rings. The minimum absolute atomic E-state index is 0.0349. The van der Waals surface area contributed by atoms with Crippen molar-refractivity contribution >= 4 is 17.5 Å². The van der Waals surface area contributed by atoms with Gasteiger partial charge in [-0.1, -0.05) is 18.2 Å². The second-order valence-electron chi connectivity index (χ2n) is 3.61. The first kappa shape index (κ1) is 13.3. The molecule has 0 saturated heterocycles.